The lowest BCUT2D eigenvalue weighted by molar-refractivity contribution is 0.116. The van der Waals surface area contributed by atoms with Crippen molar-refractivity contribution in [3.05, 3.63) is 59.3 Å². The Bertz CT molecular complexity index is 1170. The number of halogens is 3. The van der Waals surface area contributed by atoms with E-state index in [0.717, 1.165) is 5.56 Å². The minimum atomic E-state index is -3.48. The smallest absolute Gasteiger partial charge is 0.314 e. The zero-order valence-corrected chi connectivity index (χ0v) is 18.5. The fraction of sp³-hybridized carbons (Fsp3) is 0.400. The number of aryl methyl sites for hydroxylation is 1. The summed E-state index contributed by atoms with van der Waals surface area (Å²) in [6.07, 6.45) is -0.0750. The minimum Gasteiger partial charge on any atom is -0.415 e. The van der Waals surface area contributed by atoms with Crippen LogP contribution in [0.25, 0.3) is 11.5 Å². The van der Waals surface area contributed by atoms with E-state index in [1.54, 1.807) is 19.1 Å². The molecule has 1 unspecified atom stereocenters. The van der Waals surface area contributed by atoms with Crippen molar-refractivity contribution in [2.45, 2.75) is 32.6 Å². The molecule has 0 aliphatic heterocycles. The van der Waals surface area contributed by atoms with E-state index in [-0.39, 0.29) is 30.2 Å². The molecule has 12 heteroatoms. The van der Waals surface area contributed by atoms with Crippen LogP contribution in [0.1, 0.15) is 42.1 Å². The molecule has 2 aromatic heterocycles. The first-order valence-corrected chi connectivity index (χ1v) is 11.3. The van der Waals surface area contributed by atoms with Crippen LogP contribution in [-0.4, -0.2) is 52.2 Å². The molecule has 8 nitrogen and oxygen atoms in total. The Morgan fingerprint density at radius 1 is 1.16 bits per heavy atom. The minimum absolute atomic E-state index is 0.0304. The molecule has 0 amide bonds. The first kappa shape index (κ1) is 23.8. The maximum Gasteiger partial charge on any atom is 0.314 e. The number of sulfonamides is 1. The molecule has 0 saturated heterocycles. The molecule has 0 radical (unpaired) electrons. The lowest BCUT2D eigenvalue weighted by Crippen LogP contribution is -2.33. The normalized spacial score (nSPS) is 13.1. The molecule has 1 atom stereocenters. The highest BCUT2D eigenvalue weighted by Gasteiger charge is 2.25. The zero-order chi connectivity index (χ0) is 23.5. The predicted octanol–water partition coefficient (Wildman–Crippen LogP) is 3.52. The average Bonchev–Trinajstić information content (AvgIpc) is 3.24. The second kappa shape index (κ2) is 9.74. The van der Waals surface area contributed by atoms with Gasteiger partial charge in [0.2, 0.25) is 10.0 Å². The standard InChI is InChI=1S/C20H22F3N5O3S/c1-4-32(29,30)28(3)11-13(15-6-5-12(2)7-16(15)21)8-17-24-9-14(10-25-17)19-26-27-20(31-19)18(22)23/h5-7,9-10,13,18H,4,8,11H2,1-3H3. The summed E-state index contributed by atoms with van der Waals surface area (Å²) < 4.78 is 70.5. The predicted molar refractivity (Wildman–Crippen MR) is 110 cm³/mol. The van der Waals surface area contributed by atoms with Gasteiger partial charge < -0.3 is 4.42 Å². The molecule has 0 fully saturated rings. The number of benzene rings is 1. The van der Waals surface area contributed by atoms with Crippen LogP contribution in [0, 0.1) is 12.7 Å². The molecule has 3 rings (SSSR count). The SMILES string of the molecule is CCS(=O)(=O)N(C)CC(Cc1ncc(-c2nnc(C(F)F)o2)cn1)c1ccc(C)cc1F. The second-order valence-electron chi connectivity index (χ2n) is 7.24. The highest BCUT2D eigenvalue weighted by Crippen LogP contribution is 2.26. The Labute approximate surface area is 183 Å². The number of likely N-dealkylation sites (N-methyl/N-ethyl adjacent to an activating group) is 1. The van der Waals surface area contributed by atoms with E-state index in [2.05, 4.69) is 20.2 Å². The van der Waals surface area contributed by atoms with E-state index >= 15 is 0 Å². The van der Waals surface area contributed by atoms with Gasteiger partial charge in [0.15, 0.2) is 0 Å². The number of aromatic nitrogens is 4. The number of alkyl halides is 2. The van der Waals surface area contributed by atoms with Crippen LogP contribution in [0.15, 0.2) is 35.0 Å². The van der Waals surface area contributed by atoms with Crippen LogP contribution in [0.4, 0.5) is 13.2 Å². The van der Waals surface area contributed by atoms with Gasteiger partial charge in [-0.25, -0.2) is 27.1 Å². The topological polar surface area (TPSA) is 102 Å². The lowest BCUT2D eigenvalue weighted by Gasteiger charge is -2.24. The Kier molecular flexibility index (Phi) is 7.24. The van der Waals surface area contributed by atoms with Crippen molar-refractivity contribution < 1.29 is 26.0 Å². The van der Waals surface area contributed by atoms with Crippen molar-refractivity contribution in [3.8, 4) is 11.5 Å². The van der Waals surface area contributed by atoms with Gasteiger partial charge in [-0.2, -0.15) is 8.78 Å². The Hall–Kier alpha value is -2.86. The van der Waals surface area contributed by atoms with Crippen LogP contribution in [0.2, 0.25) is 0 Å². The van der Waals surface area contributed by atoms with Gasteiger partial charge in [-0.3, -0.25) is 0 Å². The summed E-state index contributed by atoms with van der Waals surface area (Å²) in [5.41, 5.74) is 1.33. The van der Waals surface area contributed by atoms with E-state index in [9.17, 15) is 21.6 Å². The van der Waals surface area contributed by atoms with E-state index < -0.39 is 34.1 Å². The maximum absolute atomic E-state index is 14.7. The summed E-state index contributed by atoms with van der Waals surface area (Å²) in [6.45, 7) is 3.32. The third-order valence-electron chi connectivity index (χ3n) is 4.92. The van der Waals surface area contributed by atoms with Crippen LogP contribution in [0.3, 0.4) is 0 Å². The Balaban J connectivity index is 1.86. The largest absolute Gasteiger partial charge is 0.415 e. The number of nitrogens with zero attached hydrogens (tertiary/aromatic N) is 5. The van der Waals surface area contributed by atoms with Gasteiger partial charge in [0, 0.05) is 38.3 Å². The van der Waals surface area contributed by atoms with Gasteiger partial charge in [-0.15, -0.1) is 10.2 Å². The second-order valence-corrected chi connectivity index (χ2v) is 9.61. The lowest BCUT2D eigenvalue weighted by atomic mass is 9.93. The molecule has 0 saturated carbocycles. The molecule has 0 aliphatic carbocycles. The van der Waals surface area contributed by atoms with E-state index in [0.29, 0.717) is 11.4 Å². The van der Waals surface area contributed by atoms with Crippen molar-refractivity contribution in [2.24, 2.45) is 0 Å². The highest BCUT2D eigenvalue weighted by molar-refractivity contribution is 7.89. The van der Waals surface area contributed by atoms with Crippen molar-refractivity contribution in [1.29, 1.82) is 0 Å². The van der Waals surface area contributed by atoms with Crippen LogP contribution in [-0.2, 0) is 16.4 Å². The van der Waals surface area contributed by atoms with Gasteiger partial charge in [-0.05, 0) is 31.0 Å². The Morgan fingerprint density at radius 3 is 2.41 bits per heavy atom. The van der Waals surface area contributed by atoms with Crippen molar-refractivity contribution >= 4 is 10.0 Å². The summed E-state index contributed by atoms with van der Waals surface area (Å²) in [5.74, 6) is -1.72. The molecule has 2 heterocycles. The number of hydrogen-bond donors (Lipinski definition) is 0. The molecule has 0 bridgehead atoms. The van der Waals surface area contributed by atoms with Crippen LogP contribution < -0.4 is 0 Å². The average molecular weight is 469 g/mol. The summed E-state index contributed by atoms with van der Waals surface area (Å²) in [6, 6.07) is 4.76. The molecular weight excluding hydrogens is 447 g/mol. The van der Waals surface area contributed by atoms with Crippen LogP contribution in [0.5, 0.6) is 0 Å². The number of hydrogen-bond acceptors (Lipinski definition) is 7. The molecule has 0 N–H and O–H groups in total. The van der Waals surface area contributed by atoms with E-state index in [1.807, 2.05) is 0 Å². The quantitative estimate of drug-likeness (QED) is 0.472. The van der Waals surface area contributed by atoms with E-state index in [1.165, 1.54) is 36.7 Å². The van der Waals surface area contributed by atoms with Gasteiger partial charge in [0.05, 0.1) is 11.3 Å². The first-order valence-electron chi connectivity index (χ1n) is 9.73. The molecule has 1 aromatic carbocycles. The first-order chi connectivity index (χ1) is 15.1. The van der Waals surface area contributed by atoms with Gasteiger partial charge in [-0.1, -0.05) is 12.1 Å². The molecular formula is C20H22F3N5O3S. The van der Waals surface area contributed by atoms with Crippen LogP contribution >= 0.6 is 0 Å². The maximum atomic E-state index is 14.7. The monoisotopic (exact) mass is 469 g/mol. The summed E-state index contributed by atoms with van der Waals surface area (Å²) in [5, 5.41) is 6.80. The Morgan fingerprint density at radius 2 is 1.84 bits per heavy atom. The molecule has 32 heavy (non-hydrogen) atoms. The third-order valence-corrected chi connectivity index (χ3v) is 6.75. The van der Waals surface area contributed by atoms with Gasteiger partial charge in [0.25, 0.3) is 11.8 Å². The fourth-order valence-corrected chi connectivity index (χ4v) is 3.96. The van der Waals surface area contributed by atoms with Gasteiger partial charge in [0.1, 0.15) is 11.6 Å². The fourth-order valence-electron chi connectivity index (χ4n) is 3.11. The van der Waals surface area contributed by atoms with Gasteiger partial charge >= 0.3 is 6.43 Å². The summed E-state index contributed by atoms with van der Waals surface area (Å²) >= 11 is 0. The van der Waals surface area contributed by atoms with Crippen molar-refractivity contribution in [1.82, 2.24) is 24.5 Å². The van der Waals surface area contributed by atoms with E-state index in [4.69, 9.17) is 4.42 Å². The molecule has 0 aliphatic rings. The number of rotatable bonds is 9. The molecule has 3 aromatic rings. The van der Waals surface area contributed by atoms with Crippen molar-refractivity contribution in [2.75, 3.05) is 19.3 Å². The zero-order valence-electron chi connectivity index (χ0n) is 17.7. The summed E-state index contributed by atoms with van der Waals surface area (Å²) in [4.78, 5) is 8.39. The summed E-state index contributed by atoms with van der Waals surface area (Å²) in [7, 11) is -2.04. The molecule has 0 spiro atoms. The third kappa shape index (κ3) is 5.49. The van der Waals surface area contributed by atoms with Crippen molar-refractivity contribution in [3.63, 3.8) is 0 Å². The highest BCUT2D eigenvalue weighted by atomic mass is 32.2. The molecule has 172 valence electrons.